The Hall–Kier alpha value is -1.11. The van der Waals surface area contributed by atoms with Crippen LogP contribution in [0.25, 0.3) is 0 Å². The van der Waals surface area contributed by atoms with E-state index < -0.39 is 12.2 Å². The van der Waals surface area contributed by atoms with Gasteiger partial charge in [-0.05, 0) is 22.0 Å². The molecule has 6 heteroatoms. The number of aliphatic hydroxyl groups is 2. The lowest BCUT2D eigenvalue weighted by Gasteiger charge is -2.19. The Morgan fingerprint density at radius 1 is 1.47 bits per heavy atom. The maximum absolute atomic E-state index is 10.7. The van der Waals surface area contributed by atoms with Gasteiger partial charge in [-0.1, -0.05) is 12.1 Å². The lowest BCUT2D eigenvalue weighted by Crippen LogP contribution is -2.34. The first kappa shape index (κ1) is 14.0. The van der Waals surface area contributed by atoms with Crippen molar-refractivity contribution in [3.63, 3.8) is 0 Å². The third-order valence-corrected chi connectivity index (χ3v) is 2.90. The lowest BCUT2D eigenvalue weighted by atomic mass is 10.0. The van der Waals surface area contributed by atoms with Crippen LogP contribution in [-0.4, -0.2) is 33.9 Å². The first-order valence-electron chi connectivity index (χ1n) is 5.01. The van der Waals surface area contributed by atoms with Crippen molar-refractivity contribution < 1.29 is 20.1 Å². The zero-order chi connectivity index (χ0) is 13.0. The molecule has 0 spiro atoms. The fraction of sp³-hybridized carbons (Fsp3) is 0.364. The maximum Gasteiger partial charge on any atom is 0.216 e. The summed E-state index contributed by atoms with van der Waals surface area (Å²) in [7, 11) is 0. The number of phenolic OH excluding ortho intramolecular Hbond substituents is 1. The number of phenols is 1. The number of aliphatic hydroxyl groups excluding tert-OH is 2. The summed E-state index contributed by atoms with van der Waals surface area (Å²) in [6, 6.07) is 4.75. The molecule has 0 heterocycles. The van der Waals surface area contributed by atoms with Crippen LogP contribution in [-0.2, 0) is 4.79 Å². The molecule has 1 aromatic carbocycles. The third-order valence-electron chi connectivity index (χ3n) is 2.26. The quantitative estimate of drug-likeness (QED) is 0.659. The molecule has 4 N–H and O–H groups in total. The zero-order valence-corrected chi connectivity index (χ0v) is 10.8. The Balaban J connectivity index is 2.77. The predicted molar refractivity (Wildman–Crippen MR) is 65.5 cm³/mol. The minimum Gasteiger partial charge on any atom is -0.506 e. The summed E-state index contributed by atoms with van der Waals surface area (Å²) < 4.78 is 0.431. The Labute approximate surface area is 107 Å². The molecule has 0 radical (unpaired) electrons. The van der Waals surface area contributed by atoms with Gasteiger partial charge in [0.25, 0.3) is 0 Å². The van der Waals surface area contributed by atoms with Gasteiger partial charge in [-0.2, -0.15) is 0 Å². The van der Waals surface area contributed by atoms with Crippen molar-refractivity contribution in [1.82, 2.24) is 5.32 Å². The summed E-state index contributed by atoms with van der Waals surface area (Å²) in [4.78, 5) is 10.7. The SMILES string of the molecule is CC(=O)NCC(O)C(O)c1cccc(Br)c1O. The molecule has 0 aromatic heterocycles. The normalized spacial score (nSPS) is 14.1. The maximum atomic E-state index is 10.7. The van der Waals surface area contributed by atoms with Gasteiger partial charge >= 0.3 is 0 Å². The van der Waals surface area contributed by atoms with Crippen molar-refractivity contribution in [3.05, 3.63) is 28.2 Å². The number of halogens is 1. The van der Waals surface area contributed by atoms with Crippen LogP contribution in [0.1, 0.15) is 18.6 Å². The van der Waals surface area contributed by atoms with E-state index in [0.717, 1.165) is 0 Å². The Bertz CT molecular complexity index is 410. The number of benzene rings is 1. The van der Waals surface area contributed by atoms with Crippen molar-refractivity contribution in [2.45, 2.75) is 19.1 Å². The summed E-state index contributed by atoms with van der Waals surface area (Å²) >= 11 is 3.11. The van der Waals surface area contributed by atoms with E-state index in [0.29, 0.717) is 4.47 Å². The number of hydrogen-bond acceptors (Lipinski definition) is 4. The monoisotopic (exact) mass is 303 g/mol. The van der Waals surface area contributed by atoms with Crippen LogP contribution >= 0.6 is 15.9 Å². The summed E-state index contributed by atoms with van der Waals surface area (Å²) in [6.07, 6.45) is -2.45. The second kappa shape index (κ2) is 6.00. The highest BCUT2D eigenvalue weighted by Crippen LogP contribution is 2.32. The minimum absolute atomic E-state index is 0.0809. The fourth-order valence-electron chi connectivity index (χ4n) is 1.34. The molecule has 0 saturated carbocycles. The van der Waals surface area contributed by atoms with Gasteiger partial charge in [0.2, 0.25) is 5.91 Å². The van der Waals surface area contributed by atoms with E-state index in [1.165, 1.54) is 13.0 Å². The smallest absolute Gasteiger partial charge is 0.216 e. The highest BCUT2D eigenvalue weighted by molar-refractivity contribution is 9.10. The lowest BCUT2D eigenvalue weighted by molar-refractivity contribution is -0.119. The van der Waals surface area contributed by atoms with Gasteiger partial charge in [-0.3, -0.25) is 4.79 Å². The van der Waals surface area contributed by atoms with E-state index in [-0.39, 0.29) is 23.8 Å². The van der Waals surface area contributed by atoms with Crippen LogP contribution in [0.5, 0.6) is 5.75 Å². The number of carbonyl (C=O) groups is 1. The highest BCUT2D eigenvalue weighted by Gasteiger charge is 2.22. The zero-order valence-electron chi connectivity index (χ0n) is 9.22. The second-order valence-corrected chi connectivity index (χ2v) is 4.48. The van der Waals surface area contributed by atoms with Crippen molar-refractivity contribution in [3.8, 4) is 5.75 Å². The van der Waals surface area contributed by atoms with Gasteiger partial charge < -0.3 is 20.6 Å². The predicted octanol–water partition coefficient (Wildman–Crippen LogP) is 0.685. The van der Waals surface area contributed by atoms with E-state index in [9.17, 15) is 20.1 Å². The number of amides is 1. The molecule has 2 atom stereocenters. The molecule has 1 rings (SSSR count). The largest absolute Gasteiger partial charge is 0.506 e. The van der Waals surface area contributed by atoms with E-state index in [4.69, 9.17) is 0 Å². The van der Waals surface area contributed by atoms with Gasteiger partial charge in [0.15, 0.2) is 0 Å². The summed E-state index contributed by atoms with van der Waals surface area (Å²) in [6.45, 7) is 1.23. The molecule has 17 heavy (non-hydrogen) atoms. The number of nitrogens with one attached hydrogen (secondary N) is 1. The molecular formula is C11H14BrNO4. The van der Waals surface area contributed by atoms with E-state index in [2.05, 4.69) is 21.2 Å². The van der Waals surface area contributed by atoms with Gasteiger partial charge in [-0.15, -0.1) is 0 Å². The molecule has 5 nitrogen and oxygen atoms in total. The van der Waals surface area contributed by atoms with Crippen LogP contribution in [0.4, 0.5) is 0 Å². The van der Waals surface area contributed by atoms with E-state index in [1.807, 2.05) is 0 Å². The molecule has 1 amide bonds. The highest BCUT2D eigenvalue weighted by atomic mass is 79.9. The molecule has 0 saturated heterocycles. The molecule has 0 aliphatic rings. The number of para-hydroxylation sites is 1. The number of hydrogen-bond donors (Lipinski definition) is 4. The van der Waals surface area contributed by atoms with E-state index >= 15 is 0 Å². The van der Waals surface area contributed by atoms with Gasteiger partial charge in [0.05, 0.1) is 4.47 Å². The van der Waals surface area contributed by atoms with Crippen molar-refractivity contribution in [2.24, 2.45) is 0 Å². The van der Waals surface area contributed by atoms with Gasteiger partial charge in [-0.25, -0.2) is 0 Å². The summed E-state index contributed by atoms with van der Waals surface area (Å²) in [5.41, 5.74) is 0.206. The van der Waals surface area contributed by atoms with Crippen LogP contribution in [0.2, 0.25) is 0 Å². The molecule has 94 valence electrons. The summed E-state index contributed by atoms with van der Waals surface area (Å²) in [5.74, 6) is -0.420. The second-order valence-electron chi connectivity index (χ2n) is 3.63. The molecule has 1 aromatic rings. The molecular weight excluding hydrogens is 290 g/mol. The molecule has 0 bridgehead atoms. The van der Waals surface area contributed by atoms with Crippen LogP contribution in [0, 0.1) is 0 Å². The van der Waals surface area contributed by atoms with Crippen LogP contribution in [0.3, 0.4) is 0 Å². The molecule has 2 unspecified atom stereocenters. The van der Waals surface area contributed by atoms with E-state index in [1.54, 1.807) is 12.1 Å². The van der Waals surface area contributed by atoms with Gasteiger partial charge in [0, 0.05) is 19.0 Å². The number of rotatable bonds is 4. The first-order valence-corrected chi connectivity index (χ1v) is 5.80. The minimum atomic E-state index is -1.26. The van der Waals surface area contributed by atoms with Crippen molar-refractivity contribution >= 4 is 21.8 Å². The van der Waals surface area contributed by atoms with Crippen LogP contribution in [0.15, 0.2) is 22.7 Å². The third kappa shape index (κ3) is 3.69. The molecule has 0 aliphatic carbocycles. The average Bonchev–Trinajstić information content (AvgIpc) is 2.28. The topological polar surface area (TPSA) is 89.8 Å². The number of aromatic hydroxyl groups is 1. The summed E-state index contributed by atoms with van der Waals surface area (Å²) in [5, 5.41) is 31.5. The fourth-order valence-corrected chi connectivity index (χ4v) is 1.72. The van der Waals surface area contributed by atoms with Gasteiger partial charge in [0.1, 0.15) is 18.0 Å². The Kier molecular flexibility index (Phi) is 4.92. The number of carbonyl (C=O) groups excluding carboxylic acids is 1. The standard InChI is InChI=1S/C11H14BrNO4/c1-6(14)13-5-9(15)11(17)7-3-2-4-8(12)10(7)16/h2-4,9,11,15-17H,5H2,1H3,(H,13,14). The Morgan fingerprint density at radius 2 is 2.12 bits per heavy atom. The average molecular weight is 304 g/mol. The first-order chi connectivity index (χ1) is 7.93. The van der Waals surface area contributed by atoms with Crippen molar-refractivity contribution in [1.29, 1.82) is 0 Å². The molecule has 0 aliphatic heterocycles. The van der Waals surface area contributed by atoms with Crippen LogP contribution < -0.4 is 5.32 Å². The molecule has 0 fully saturated rings. The Morgan fingerprint density at radius 3 is 2.71 bits per heavy atom. The van der Waals surface area contributed by atoms with Crippen molar-refractivity contribution in [2.75, 3.05) is 6.54 Å².